The summed E-state index contributed by atoms with van der Waals surface area (Å²) in [7, 11) is 0. The molecule has 2 saturated heterocycles. The molecule has 1 unspecified atom stereocenters. The Morgan fingerprint density at radius 3 is 2.48 bits per heavy atom. The van der Waals surface area contributed by atoms with Gasteiger partial charge in [0.25, 0.3) is 0 Å². The minimum absolute atomic E-state index is 0.00554. The van der Waals surface area contributed by atoms with E-state index in [-0.39, 0.29) is 23.7 Å². The lowest BCUT2D eigenvalue weighted by Crippen LogP contribution is -2.41. The van der Waals surface area contributed by atoms with Crippen LogP contribution in [0.25, 0.3) is 0 Å². The number of carbonyl (C=O) groups is 1. The highest BCUT2D eigenvalue weighted by molar-refractivity contribution is 5.79. The third-order valence-corrected chi connectivity index (χ3v) is 6.01. The minimum Gasteiger partial charge on any atom is -0.367 e. The summed E-state index contributed by atoms with van der Waals surface area (Å²) in [4.78, 5) is 26.1. The highest BCUT2D eigenvalue weighted by atomic mass is 19.1. The van der Waals surface area contributed by atoms with Crippen LogP contribution in [-0.2, 0) is 4.79 Å². The normalized spacial score (nSPS) is 18.7. The fourth-order valence-corrected chi connectivity index (χ4v) is 4.26. The Hall–Kier alpha value is -2.70. The van der Waals surface area contributed by atoms with Crippen LogP contribution in [0, 0.1) is 11.7 Å². The van der Waals surface area contributed by atoms with Gasteiger partial charge in [0.15, 0.2) is 5.82 Å². The average molecular weight is 397 g/mol. The van der Waals surface area contributed by atoms with Crippen molar-refractivity contribution in [2.24, 2.45) is 5.92 Å². The number of halogens is 1. The molecule has 3 heterocycles. The monoisotopic (exact) mass is 397 g/mol. The van der Waals surface area contributed by atoms with E-state index in [2.05, 4.69) is 25.1 Å². The van der Waals surface area contributed by atoms with E-state index in [1.807, 2.05) is 13.1 Å². The standard InChI is InChI=1S/C22H28FN5O/c1-16(17-4-6-19(23)7-5-17)26-22(29)18-8-12-27(13-9-18)20-14-24-15-25-21(20)28-10-2-3-11-28/h4-7,14-16,18H,2-3,8-13H2,1H3,(H,26,29). The lowest BCUT2D eigenvalue weighted by atomic mass is 9.95. The van der Waals surface area contributed by atoms with Gasteiger partial charge in [0.05, 0.1) is 17.9 Å². The minimum atomic E-state index is -0.266. The SMILES string of the molecule is CC(NC(=O)C1CCN(c2cncnc2N2CCCC2)CC1)c1ccc(F)cc1. The molecule has 6 nitrogen and oxygen atoms in total. The summed E-state index contributed by atoms with van der Waals surface area (Å²) in [5.41, 5.74) is 1.99. The van der Waals surface area contributed by atoms with Crippen LogP contribution in [0.1, 0.15) is 44.2 Å². The van der Waals surface area contributed by atoms with Crippen LogP contribution in [0.15, 0.2) is 36.8 Å². The predicted octanol–water partition coefficient (Wildman–Crippen LogP) is 3.31. The summed E-state index contributed by atoms with van der Waals surface area (Å²) in [5.74, 6) is 0.822. The van der Waals surface area contributed by atoms with E-state index in [0.717, 1.165) is 56.1 Å². The second-order valence-electron chi connectivity index (χ2n) is 7.97. The number of aromatic nitrogens is 2. The zero-order valence-electron chi connectivity index (χ0n) is 16.9. The second-order valence-corrected chi connectivity index (χ2v) is 7.97. The average Bonchev–Trinajstić information content (AvgIpc) is 3.29. The topological polar surface area (TPSA) is 61.4 Å². The van der Waals surface area contributed by atoms with Gasteiger partial charge in [0.1, 0.15) is 12.1 Å². The summed E-state index contributed by atoms with van der Waals surface area (Å²) in [6.07, 6.45) is 7.54. The molecule has 1 amide bonds. The summed E-state index contributed by atoms with van der Waals surface area (Å²) in [5, 5.41) is 3.08. The molecule has 1 aromatic heterocycles. The first-order valence-corrected chi connectivity index (χ1v) is 10.5. The van der Waals surface area contributed by atoms with E-state index in [0.29, 0.717) is 0 Å². The summed E-state index contributed by atoms with van der Waals surface area (Å²) < 4.78 is 13.1. The van der Waals surface area contributed by atoms with Crippen molar-refractivity contribution >= 4 is 17.4 Å². The van der Waals surface area contributed by atoms with Crippen LogP contribution in [0.3, 0.4) is 0 Å². The summed E-state index contributed by atoms with van der Waals surface area (Å²) in [6, 6.07) is 6.16. The highest BCUT2D eigenvalue weighted by Crippen LogP contribution is 2.32. The smallest absolute Gasteiger partial charge is 0.223 e. The van der Waals surface area contributed by atoms with Crippen molar-refractivity contribution in [2.45, 2.75) is 38.6 Å². The van der Waals surface area contributed by atoms with Gasteiger partial charge in [-0.3, -0.25) is 4.79 Å². The number of carbonyl (C=O) groups excluding carboxylic acids is 1. The second kappa shape index (κ2) is 8.76. The molecule has 154 valence electrons. The van der Waals surface area contributed by atoms with Crippen LogP contribution in [0.5, 0.6) is 0 Å². The van der Waals surface area contributed by atoms with E-state index < -0.39 is 0 Å². The Labute approximate surface area is 171 Å². The number of rotatable bonds is 5. The Balaban J connectivity index is 1.35. The van der Waals surface area contributed by atoms with Crippen molar-refractivity contribution in [3.63, 3.8) is 0 Å². The van der Waals surface area contributed by atoms with Crippen molar-refractivity contribution < 1.29 is 9.18 Å². The lowest BCUT2D eigenvalue weighted by molar-refractivity contribution is -0.126. The molecule has 1 aromatic carbocycles. The fraction of sp³-hybridized carbons (Fsp3) is 0.500. The molecule has 1 atom stereocenters. The number of hydrogen-bond acceptors (Lipinski definition) is 5. The summed E-state index contributed by atoms with van der Waals surface area (Å²) in [6.45, 7) is 5.66. The molecule has 7 heteroatoms. The number of amides is 1. The number of hydrogen-bond donors (Lipinski definition) is 1. The molecule has 2 fully saturated rings. The van der Waals surface area contributed by atoms with Gasteiger partial charge >= 0.3 is 0 Å². The molecule has 2 aliphatic rings. The van der Waals surface area contributed by atoms with Gasteiger partial charge in [-0.1, -0.05) is 12.1 Å². The van der Waals surface area contributed by atoms with Gasteiger partial charge < -0.3 is 15.1 Å². The van der Waals surface area contributed by atoms with E-state index in [1.54, 1.807) is 18.5 Å². The van der Waals surface area contributed by atoms with Crippen LogP contribution >= 0.6 is 0 Å². The van der Waals surface area contributed by atoms with Crippen molar-refractivity contribution in [1.29, 1.82) is 0 Å². The Morgan fingerprint density at radius 2 is 1.79 bits per heavy atom. The summed E-state index contributed by atoms with van der Waals surface area (Å²) >= 11 is 0. The Bertz CT molecular complexity index is 829. The molecule has 0 saturated carbocycles. The van der Waals surface area contributed by atoms with Gasteiger partial charge in [-0.05, 0) is 50.3 Å². The maximum atomic E-state index is 13.1. The Kier molecular flexibility index (Phi) is 5.92. The molecule has 2 aliphatic heterocycles. The zero-order chi connectivity index (χ0) is 20.2. The first kappa shape index (κ1) is 19.6. The van der Waals surface area contributed by atoms with E-state index in [1.165, 1.54) is 25.0 Å². The van der Waals surface area contributed by atoms with E-state index in [4.69, 9.17) is 0 Å². The van der Waals surface area contributed by atoms with Crippen LogP contribution in [0.2, 0.25) is 0 Å². The van der Waals surface area contributed by atoms with E-state index >= 15 is 0 Å². The van der Waals surface area contributed by atoms with Crippen molar-refractivity contribution in [2.75, 3.05) is 36.0 Å². The van der Waals surface area contributed by atoms with Crippen LogP contribution in [-0.4, -0.2) is 42.1 Å². The van der Waals surface area contributed by atoms with Crippen LogP contribution in [0.4, 0.5) is 15.9 Å². The number of nitrogens with one attached hydrogen (secondary N) is 1. The number of benzene rings is 1. The highest BCUT2D eigenvalue weighted by Gasteiger charge is 2.28. The van der Waals surface area contributed by atoms with Gasteiger partial charge in [-0.25, -0.2) is 14.4 Å². The predicted molar refractivity (Wildman–Crippen MR) is 111 cm³/mol. The molecule has 0 aliphatic carbocycles. The van der Waals surface area contributed by atoms with Gasteiger partial charge in [-0.15, -0.1) is 0 Å². The molecule has 2 aromatic rings. The molecule has 0 radical (unpaired) electrons. The quantitative estimate of drug-likeness (QED) is 0.839. The largest absolute Gasteiger partial charge is 0.367 e. The van der Waals surface area contributed by atoms with Gasteiger partial charge in [0, 0.05) is 32.1 Å². The first-order valence-electron chi connectivity index (χ1n) is 10.5. The Morgan fingerprint density at radius 1 is 1.10 bits per heavy atom. The zero-order valence-corrected chi connectivity index (χ0v) is 16.9. The molecular weight excluding hydrogens is 369 g/mol. The third kappa shape index (κ3) is 4.49. The molecule has 0 spiro atoms. The molecule has 0 bridgehead atoms. The van der Waals surface area contributed by atoms with E-state index in [9.17, 15) is 9.18 Å². The number of piperidine rings is 1. The maximum Gasteiger partial charge on any atom is 0.223 e. The van der Waals surface area contributed by atoms with Crippen molar-refractivity contribution in [3.8, 4) is 0 Å². The van der Waals surface area contributed by atoms with Crippen LogP contribution < -0.4 is 15.1 Å². The molecule has 4 rings (SSSR count). The first-order chi connectivity index (χ1) is 14.1. The van der Waals surface area contributed by atoms with Gasteiger partial charge in [-0.2, -0.15) is 0 Å². The third-order valence-electron chi connectivity index (χ3n) is 6.01. The molecule has 1 N–H and O–H groups in total. The lowest BCUT2D eigenvalue weighted by Gasteiger charge is -2.35. The fourth-order valence-electron chi connectivity index (χ4n) is 4.26. The number of nitrogens with zero attached hydrogens (tertiary/aromatic N) is 4. The maximum absolute atomic E-state index is 13.1. The number of anilines is 2. The van der Waals surface area contributed by atoms with Crippen molar-refractivity contribution in [3.05, 3.63) is 48.2 Å². The van der Waals surface area contributed by atoms with Crippen molar-refractivity contribution in [1.82, 2.24) is 15.3 Å². The molecular formula is C22H28FN5O. The molecule has 29 heavy (non-hydrogen) atoms. The van der Waals surface area contributed by atoms with Gasteiger partial charge in [0.2, 0.25) is 5.91 Å².